The van der Waals surface area contributed by atoms with Gasteiger partial charge in [0.25, 0.3) is 0 Å². The van der Waals surface area contributed by atoms with Gasteiger partial charge in [0.1, 0.15) is 6.10 Å². The van der Waals surface area contributed by atoms with Gasteiger partial charge in [-0.05, 0) is 24.0 Å². The average Bonchev–Trinajstić information content (AvgIpc) is 2.18. The van der Waals surface area contributed by atoms with E-state index < -0.39 is 5.79 Å². The first-order valence-corrected chi connectivity index (χ1v) is 6.36. The Balaban J connectivity index is 2.71. The average molecular weight is 326 g/mol. The fraction of sp³-hybridized carbons (Fsp3) is 0.818. The van der Waals surface area contributed by atoms with Crippen molar-refractivity contribution in [3.8, 4) is 0 Å². The summed E-state index contributed by atoms with van der Waals surface area (Å²) < 4.78 is 18.9. The summed E-state index contributed by atoms with van der Waals surface area (Å²) in [6.45, 7) is 6.71. The highest BCUT2D eigenvalue weighted by Gasteiger charge is 2.37. The Morgan fingerprint density at radius 3 is 2.73 bits per heavy atom. The Kier molecular flexibility index (Phi) is 5.02. The Bertz CT molecular complexity index is 228. The molecule has 0 aliphatic carbocycles. The van der Waals surface area contributed by atoms with Gasteiger partial charge in [-0.25, -0.2) is 0 Å². The highest BCUT2D eigenvalue weighted by atomic mass is 127. The van der Waals surface area contributed by atoms with E-state index in [4.69, 9.17) is 14.2 Å². The Morgan fingerprint density at radius 1 is 1.53 bits per heavy atom. The van der Waals surface area contributed by atoms with Crippen LogP contribution in [0.3, 0.4) is 0 Å². The molecule has 0 aromatic carbocycles. The smallest absolute Gasteiger partial charge is 0.163 e. The molecule has 1 rings (SSSR count). The molecule has 0 saturated carbocycles. The number of methoxy groups -OCH3 is 1. The monoisotopic (exact) mass is 326 g/mol. The molecule has 3 atom stereocenters. The van der Waals surface area contributed by atoms with Gasteiger partial charge in [-0.2, -0.15) is 0 Å². The van der Waals surface area contributed by atoms with Crippen LogP contribution in [0.15, 0.2) is 10.2 Å². The van der Waals surface area contributed by atoms with Crippen molar-refractivity contribution >= 4 is 22.6 Å². The SMILES string of the molecule is CO[C@@H](/C=C/I)[C@@H]1OC(C)(C)OC[C@@H]1C. The van der Waals surface area contributed by atoms with Crippen molar-refractivity contribution in [1.82, 2.24) is 0 Å². The Labute approximate surface area is 105 Å². The van der Waals surface area contributed by atoms with E-state index in [-0.39, 0.29) is 12.2 Å². The number of hydrogen-bond donors (Lipinski definition) is 0. The van der Waals surface area contributed by atoms with E-state index in [2.05, 4.69) is 29.5 Å². The number of rotatable bonds is 3. The van der Waals surface area contributed by atoms with Crippen LogP contribution in [0, 0.1) is 5.92 Å². The highest BCUT2D eigenvalue weighted by Crippen LogP contribution is 2.29. The molecule has 1 heterocycles. The molecule has 1 aliphatic heterocycles. The Hall–Kier alpha value is 0.350. The second-order valence-electron chi connectivity index (χ2n) is 4.29. The van der Waals surface area contributed by atoms with Crippen molar-refractivity contribution in [3.63, 3.8) is 0 Å². The van der Waals surface area contributed by atoms with Crippen LogP contribution < -0.4 is 0 Å². The van der Waals surface area contributed by atoms with Crippen molar-refractivity contribution in [1.29, 1.82) is 0 Å². The van der Waals surface area contributed by atoms with Gasteiger partial charge in [0, 0.05) is 13.0 Å². The zero-order valence-electron chi connectivity index (χ0n) is 9.70. The molecule has 0 bridgehead atoms. The molecule has 0 aromatic heterocycles. The van der Waals surface area contributed by atoms with Crippen LogP contribution in [0.2, 0.25) is 0 Å². The normalized spacial score (nSPS) is 33.1. The Morgan fingerprint density at radius 2 is 2.20 bits per heavy atom. The fourth-order valence-electron chi connectivity index (χ4n) is 1.69. The lowest BCUT2D eigenvalue weighted by Gasteiger charge is -2.42. The van der Waals surface area contributed by atoms with Gasteiger partial charge >= 0.3 is 0 Å². The maximum absolute atomic E-state index is 5.89. The summed E-state index contributed by atoms with van der Waals surface area (Å²) in [4.78, 5) is 0. The van der Waals surface area contributed by atoms with E-state index in [0.717, 1.165) is 0 Å². The first kappa shape index (κ1) is 13.4. The van der Waals surface area contributed by atoms with E-state index in [1.807, 2.05) is 24.0 Å². The zero-order chi connectivity index (χ0) is 11.5. The molecule has 0 spiro atoms. The summed E-state index contributed by atoms with van der Waals surface area (Å²) in [7, 11) is 1.71. The molecular weight excluding hydrogens is 307 g/mol. The maximum atomic E-state index is 5.89. The highest BCUT2D eigenvalue weighted by molar-refractivity contribution is 14.1. The third kappa shape index (κ3) is 3.69. The van der Waals surface area contributed by atoms with Crippen LogP contribution in [0.25, 0.3) is 0 Å². The minimum atomic E-state index is -0.507. The molecule has 1 saturated heterocycles. The summed E-state index contributed by atoms with van der Waals surface area (Å²) in [5, 5.41) is 0. The van der Waals surface area contributed by atoms with Crippen molar-refractivity contribution < 1.29 is 14.2 Å². The van der Waals surface area contributed by atoms with Crippen molar-refractivity contribution in [3.05, 3.63) is 10.2 Å². The zero-order valence-corrected chi connectivity index (χ0v) is 11.9. The number of hydrogen-bond acceptors (Lipinski definition) is 3. The lowest BCUT2D eigenvalue weighted by Crippen LogP contribution is -2.49. The summed E-state index contributed by atoms with van der Waals surface area (Å²) in [6, 6.07) is 0. The van der Waals surface area contributed by atoms with Crippen molar-refractivity contribution in [2.45, 2.75) is 38.8 Å². The van der Waals surface area contributed by atoms with Crippen LogP contribution >= 0.6 is 22.6 Å². The molecule has 0 unspecified atom stereocenters. The predicted molar refractivity (Wildman–Crippen MR) is 68.0 cm³/mol. The summed E-state index contributed by atoms with van der Waals surface area (Å²) in [5.74, 6) is -0.164. The van der Waals surface area contributed by atoms with Crippen LogP contribution in [0.4, 0.5) is 0 Å². The van der Waals surface area contributed by atoms with Crippen LogP contribution in [0.5, 0.6) is 0 Å². The predicted octanol–water partition coefficient (Wildman–Crippen LogP) is 2.74. The molecule has 0 N–H and O–H groups in total. The number of halogens is 1. The van der Waals surface area contributed by atoms with E-state index in [9.17, 15) is 0 Å². The second kappa shape index (κ2) is 5.61. The molecule has 0 amide bonds. The van der Waals surface area contributed by atoms with E-state index >= 15 is 0 Å². The first-order valence-electron chi connectivity index (χ1n) is 5.11. The van der Waals surface area contributed by atoms with E-state index in [1.54, 1.807) is 7.11 Å². The quantitative estimate of drug-likeness (QED) is 0.747. The minimum absolute atomic E-state index is 0.0000694. The number of ether oxygens (including phenoxy) is 3. The van der Waals surface area contributed by atoms with Gasteiger partial charge in [0.15, 0.2) is 5.79 Å². The standard InChI is InChI=1S/C11H19IO3/c1-8-7-14-11(2,3)15-10(8)9(13-4)5-6-12/h5-6,8-10H,7H2,1-4H3/b6-5+/t8-,9-,10+/m0/s1. The second-order valence-corrected chi connectivity index (χ2v) is 5.01. The van der Waals surface area contributed by atoms with E-state index in [1.165, 1.54) is 0 Å². The summed E-state index contributed by atoms with van der Waals surface area (Å²) in [6.07, 6.45) is 2.08. The van der Waals surface area contributed by atoms with Gasteiger partial charge in [-0.15, -0.1) is 0 Å². The van der Waals surface area contributed by atoms with Gasteiger partial charge in [-0.1, -0.05) is 29.5 Å². The lowest BCUT2D eigenvalue weighted by atomic mass is 9.98. The third-order valence-corrected chi connectivity index (χ3v) is 2.95. The summed E-state index contributed by atoms with van der Waals surface area (Å²) in [5.41, 5.74) is 0. The van der Waals surface area contributed by atoms with E-state index in [0.29, 0.717) is 12.5 Å². The first-order chi connectivity index (χ1) is 7.00. The largest absolute Gasteiger partial charge is 0.375 e. The van der Waals surface area contributed by atoms with Crippen molar-refractivity contribution in [2.75, 3.05) is 13.7 Å². The minimum Gasteiger partial charge on any atom is -0.375 e. The molecule has 1 fully saturated rings. The van der Waals surface area contributed by atoms with Crippen LogP contribution in [0.1, 0.15) is 20.8 Å². The van der Waals surface area contributed by atoms with Crippen LogP contribution in [-0.4, -0.2) is 31.7 Å². The lowest BCUT2D eigenvalue weighted by molar-refractivity contribution is -0.303. The summed E-state index contributed by atoms with van der Waals surface area (Å²) >= 11 is 2.19. The molecule has 1 aliphatic rings. The molecule has 0 aromatic rings. The van der Waals surface area contributed by atoms with Gasteiger partial charge < -0.3 is 14.2 Å². The molecule has 3 nitrogen and oxygen atoms in total. The fourth-order valence-corrected chi connectivity index (χ4v) is 2.10. The maximum Gasteiger partial charge on any atom is 0.163 e. The van der Waals surface area contributed by atoms with Crippen LogP contribution in [-0.2, 0) is 14.2 Å². The molecule has 15 heavy (non-hydrogen) atoms. The molecule has 88 valence electrons. The van der Waals surface area contributed by atoms with Gasteiger partial charge in [-0.3, -0.25) is 0 Å². The van der Waals surface area contributed by atoms with Gasteiger partial charge in [0.05, 0.1) is 12.7 Å². The molecular formula is C11H19IO3. The third-order valence-electron chi connectivity index (χ3n) is 2.53. The topological polar surface area (TPSA) is 27.7 Å². The van der Waals surface area contributed by atoms with Gasteiger partial charge in [0.2, 0.25) is 0 Å². The molecule has 0 radical (unpaired) electrons. The molecule has 4 heteroatoms. The van der Waals surface area contributed by atoms with Crippen molar-refractivity contribution in [2.24, 2.45) is 5.92 Å².